The maximum absolute atomic E-state index is 10.4. The summed E-state index contributed by atoms with van der Waals surface area (Å²) in [5.41, 5.74) is 2.38. The zero-order valence-electron chi connectivity index (χ0n) is 14.6. The Bertz CT molecular complexity index is 785. The minimum absolute atomic E-state index is 0.377. The first-order chi connectivity index (χ1) is 12.6. The topological polar surface area (TPSA) is 96.7 Å². The number of aryl methyl sites for hydroxylation is 1. The fraction of sp³-hybridized carbons (Fsp3) is 0.474. The van der Waals surface area contributed by atoms with Crippen LogP contribution in [0.4, 0.5) is 0 Å². The molecule has 0 spiro atoms. The van der Waals surface area contributed by atoms with Gasteiger partial charge in [0.25, 0.3) is 0 Å². The molecule has 138 valence electrons. The van der Waals surface area contributed by atoms with Crippen molar-refractivity contribution in [3.8, 4) is 11.6 Å². The normalized spacial score (nSPS) is 27.8. The highest BCUT2D eigenvalue weighted by Gasteiger charge is 2.45. The number of nitrogens with zero attached hydrogens (tertiary/aromatic N) is 2. The van der Waals surface area contributed by atoms with E-state index in [4.69, 9.17) is 9.47 Å². The van der Waals surface area contributed by atoms with Crippen LogP contribution in [0.3, 0.4) is 0 Å². The average Bonchev–Trinajstić information content (AvgIpc) is 2.90. The second kappa shape index (κ2) is 7.19. The predicted molar refractivity (Wildman–Crippen MR) is 94.1 cm³/mol. The van der Waals surface area contributed by atoms with Gasteiger partial charge in [-0.3, -0.25) is 0 Å². The van der Waals surface area contributed by atoms with Gasteiger partial charge in [-0.1, -0.05) is 12.1 Å². The van der Waals surface area contributed by atoms with Crippen LogP contribution in [-0.4, -0.2) is 51.1 Å². The Balaban J connectivity index is 1.48. The molecule has 2 aromatic rings. The van der Waals surface area contributed by atoms with Crippen LogP contribution in [0, 0.1) is 6.92 Å². The Hall–Kier alpha value is -2.22. The average molecular weight is 357 g/mol. The third-order valence-electron chi connectivity index (χ3n) is 4.98. The second-order valence-corrected chi connectivity index (χ2v) is 6.79. The van der Waals surface area contributed by atoms with Gasteiger partial charge in [-0.25, -0.2) is 4.98 Å². The van der Waals surface area contributed by atoms with Crippen molar-refractivity contribution in [3.63, 3.8) is 0 Å². The van der Waals surface area contributed by atoms with Crippen LogP contribution in [0.2, 0.25) is 0 Å². The third kappa shape index (κ3) is 3.38. The minimum atomic E-state index is -1.03. The van der Waals surface area contributed by atoms with Crippen molar-refractivity contribution in [3.05, 3.63) is 47.4 Å². The van der Waals surface area contributed by atoms with Crippen molar-refractivity contribution in [1.82, 2.24) is 15.3 Å². The number of hydrogen-bond donors (Lipinski definition) is 3. The molecule has 2 aliphatic rings. The van der Waals surface area contributed by atoms with E-state index in [0.29, 0.717) is 18.1 Å². The fourth-order valence-electron chi connectivity index (χ4n) is 3.59. The Labute approximate surface area is 152 Å². The van der Waals surface area contributed by atoms with Gasteiger partial charge in [0, 0.05) is 30.8 Å². The lowest BCUT2D eigenvalue weighted by atomic mass is 10.0. The molecule has 2 heterocycles. The molecule has 1 fully saturated rings. The van der Waals surface area contributed by atoms with Crippen molar-refractivity contribution in [1.29, 1.82) is 0 Å². The molecule has 7 heteroatoms. The van der Waals surface area contributed by atoms with Crippen LogP contribution in [0.1, 0.15) is 23.4 Å². The van der Waals surface area contributed by atoms with Crippen LogP contribution in [-0.2, 0) is 13.0 Å². The van der Waals surface area contributed by atoms with E-state index in [-0.39, 0.29) is 0 Å². The molecule has 1 aliphatic heterocycles. The van der Waals surface area contributed by atoms with Gasteiger partial charge in [0.05, 0.1) is 0 Å². The number of aliphatic hydroxyl groups excluding tert-OH is 2. The molecule has 0 bridgehead atoms. The maximum Gasteiger partial charge on any atom is 0.216 e. The van der Waals surface area contributed by atoms with Crippen LogP contribution in [0.15, 0.2) is 30.5 Å². The Morgan fingerprint density at radius 3 is 2.73 bits per heavy atom. The highest BCUT2D eigenvalue weighted by atomic mass is 16.5. The van der Waals surface area contributed by atoms with Gasteiger partial charge < -0.3 is 25.0 Å². The lowest BCUT2D eigenvalue weighted by molar-refractivity contribution is -0.0321. The first kappa shape index (κ1) is 17.2. The highest BCUT2D eigenvalue weighted by Crippen LogP contribution is 2.32. The van der Waals surface area contributed by atoms with Gasteiger partial charge in [0.1, 0.15) is 36.0 Å². The van der Waals surface area contributed by atoms with Crippen LogP contribution in [0.5, 0.6) is 11.6 Å². The maximum atomic E-state index is 10.4. The molecule has 7 nitrogen and oxygen atoms in total. The summed E-state index contributed by atoms with van der Waals surface area (Å²) in [5, 5.41) is 24.1. The van der Waals surface area contributed by atoms with Crippen molar-refractivity contribution in [2.75, 3.05) is 6.54 Å². The van der Waals surface area contributed by atoms with Crippen molar-refractivity contribution >= 4 is 0 Å². The summed E-state index contributed by atoms with van der Waals surface area (Å²) in [4.78, 5) is 8.21. The summed E-state index contributed by atoms with van der Waals surface area (Å²) in [7, 11) is 0. The molecule has 26 heavy (non-hydrogen) atoms. The van der Waals surface area contributed by atoms with Gasteiger partial charge in [0.15, 0.2) is 0 Å². The van der Waals surface area contributed by atoms with E-state index in [0.717, 1.165) is 30.8 Å². The second-order valence-electron chi connectivity index (χ2n) is 6.79. The Kier molecular flexibility index (Phi) is 4.76. The molecule has 1 aliphatic carbocycles. The first-order valence-electron chi connectivity index (χ1n) is 8.92. The van der Waals surface area contributed by atoms with Gasteiger partial charge in [-0.2, -0.15) is 4.98 Å². The Morgan fingerprint density at radius 2 is 1.92 bits per heavy atom. The monoisotopic (exact) mass is 357 g/mol. The first-order valence-corrected chi connectivity index (χ1v) is 8.92. The van der Waals surface area contributed by atoms with E-state index in [1.165, 1.54) is 5.56 Å². The number of hydrogen-bond acceptors (Lipinski definition) is 7. The number of ether oxygens (including phenoxy) is 2. The molecule has 0 radical (unpaired) electrons. The summed E-state index contributed by atoms with van der Waals surface area (Å²) < 4.78 is 11.9. The van der Waals surface area contributed by atoms with E-state index in [2.05, 4.69) is 21.4 Å². The van der Waals surface area contributed by atoms with Gasteiger partial charge in [-0.05, 0) is 31.5 Å². The number of benzene rings is 1. The molecule has 1 aromatic carbocycles. The van der Waals surface area contributed by atoms with Crippen LogP contribution < -0.4 is 14.8 Å². The van der Waals surface area contributed by atoms with Gasteiger partial charge in [-0.15, -0.1) is 0 Å². The van der Waals surface area contributed by atoms with Gasteiger partial charge >= 0.3 is 0 Å². The standard InChI is InChI=1S/C19H23N3O4/c1-11-21-8-6-17(22-11)26-16-9-15(18(23)19(16)24)25-14-4-2-3-12-5-7-20-10-13(12)14/h2-4,6,8,15-16,18-20,23-24H,5,7,9-10H2,1H3/t15?,16?,18-,19+/m1/s1. The number of fused-ring (bicyclic) bond motifs is 1. The van der Waals surface area contributed by atoms with Crippen molar-refractivity contribution in [2.45, 2.75) is 50.7 Å². The SMILES string of the molecule is Cc1nccc(OC2CC(Oc3cccc4c3CNCC4)[C@@H](O)[C@H]2O)n1. The molecule has 4 rings (SSSR count). The smallest absolute Gasteiger partial charge is 0.216 e. The van der Waals surface area contributed by atoms with Crippen molar-refractivity contribution < 1.29 is 19.7 Å². The summed E-state index contributed by atoms with van der Waals surface area (Å²) in [5.74, 6) is 1.73. The number of rotatable bonds is 4. The van der Waals surface area contributed by atoms with E-state index < -0.39 is 24.4 Å². The molecule has 3 N–H and O–H groups in total. The highest BCUT2D eigenvalue weighted by molar-refractivity contribution is 5.42. The number of aliphatic hydroxyl groups is 2. The van der Waals surface area contributed by atoms with E-state index in [1.54, 1.807) is 19.2 Å². The predicted octanol–water partition coefficient (Wildman–Crippen LogP) is 0.751. The van der Waals surface area contributed by atoms with Crippen LogP contribution in [0.25, 0.3) is 0 Å². The summed E-state index contributed by atoms with van der Waals surface area (Å²) >= 11 is 0. The zero-order valence-corrected chi connectivity index (χ0v) is 14.6. The van der Waals surface area contributed by atoms with E-state index >= 15 is 0 Å². The summed E-state index contributed by atoms with van der Waals surface area (Å²) in [6.45, 7) is 3.47. The van der Waals surface area contributed by atoms with Gasteiger partial charge in [0.2, 0.25) is 5.88 Å². The molecule has 0 saturated heterocycles. The molecular formula is C19H23N3O4. The Morgan fingerprint density at radius 1 is 1.12 bits per heavy atom. The lowest BCUT2D eigenvalue weighted by Crippen LogP contribution is -2.36. The molecule has 4 atom stereocenters. The fourth-order valence-corrected chi connectivity index (χ4v) is 3.59. The van der Waals surface area contributed by atoms with Crippen LogP contribution >= 0.6 is 0 Å². The summed E-state index contributed by atoms with van der Waals surface area (Å²) in [6, 6.07) is 7.62. The number of nitrogens with one attached hydrogen (secondary N) is 1. The molecule has 1 saturated carbocycles. The zero-order chi connectivity index (χ0) is 18.1. The quantitative estimate of drug-likeness (QED) is 0.743. The molecule has 1 aromatic heterocycles. The third-order valence-corrected chi connectivity index (χ3v) is 4.98. The molecular weight excluding hydrogens is 334 g/mol. The largest absolute Gasteiger partial charge is 0.487 e. The minimum Gasteiger partial charge on any atom is -0.487 e. The van der Waals surface area contributed by atoms with E-state index in [9.17, 15) is 10.2 Å². The molecule has 0 amide bonds. The number of aromatic nitrogens is 2. The lowest BCUT2D eigenvalue weighted by Gasteiger charge is -2.24. The van der Waals surface area contributed by atoms with E-state index in [1.807, 2.05) is 12.1 Å². The van der Waals surface area contributed by atoms with Crippen molar-refractivity contribution in [2.24, 2.45) is 0 Å². The molecule has 2 unspecified atom stereocenters. The summed E-state index contributed by atoms with van der Waals surface area (Å²) in [6.07, 6.45) is -0.229.